The van der Waals surface area contributed by atoms with E-state index in [2.05, 4.69) is 5.32 Å². The average molecular weight is 211 g/mol. The van der Waals surface area contributed by atoms with E-state index in [1.165, 1.54) is 25.7 Å². The zero-order valence-electron chi connectivity index (χ0n) is 9.34. The van der Waals surface area contributed by atoms with Gasteiger partial charge in [-0.25, -0.2) is 0 Å². The van der Waals surface area contributed by atoms with Crippen LogP contribution >= 0.6 is 0 Å². The monoisotopic (exact) mass is 211 g/mol. The summed E-state index contributed by atoms with van der Waals surface area (Å²) in [5.74, 6) is 0. The van der Waals surface area contributed by atoms with Gasteiger partial charge in [-0.2, -0.15) is 0 Å². The lowest BCUT2D eigenvalue weighted by Crippen LogP contribution is -2.48. The Morgan fingerprint density at radius 1 is 1.20 bits per heavy atom. The summed E-state index contributed by atoms with van der Waals surface area (Å²) in [6, 6.07) is 0. The molecule has 0 radical (unpaired) electrons. The number of hydrogen-bond donors (Lipinski definition) is 1. The van der Waals surface area contributed by atoms with E-state index in [0.717, 1.165) is 32.5 Å². The third kappa shape index (κ3) is 2.05. The average Bonchev–Trinajstić information content (AvgIpc) is 2.69. The van der Waals surface area contributed by atoms with E-state index >= 15 is 0 Å². The molecule has 86 valence electrons. The molecule has 3 nitrogen and oxygen atoms in total. The predicted molar refractivity (Wildman–Crippen MR) is 57.9 cm³/mol. The Bertz CT molecular complexity index is 222. The Balaban J connectivity index is 1.52. The fourth-order valence-corrected chi connectivity index (χ4v) is 3.03. The molecule has 2 heterocycles. The summed E-state index contributed by atoms with van der Waals surface area (Å²) >= 11 is 0. The molecular weight excluding hydrogens is 190 g/mol. The maximum Gasteiger partial charge on any atom is 0.0715 e. The van der Waals surface area contributed by atoms with Crippen molar-refractivity contribution in [3.05, 3.63) is 0 Å². The highest BCUT2D eigenvalue weighted by molar-refractivity contribution is 4.94. The van der Waals surface area contributed by atoms with Crippen LogP contribution in [0.1, 0.15) is 38.5 Å². The van der Waals surface area contributed by atoms with Gasteiger partial charge in [0.25, 0.3) is 0 Å². The fraction of sp³-hybridized carbons (Fsp3) is 1.00. The first-order valence-corrected chi connectivity index (χ1v) is 6.36. The van der Waals surface area contributed by atoms with Gasteiger partial charge in [0.2, 0.25) is 0 Å². The minimum Gasteiger partial charge on any atom is -0.375 e. The third-order valence-electron chi connectivity index (χ3n) is 4.11. The van der Waals surface area contributed by atoms with Gasteiger partial charge in [-0.1, -0.05) is 0 Å². The van der Waals surface area contributed by atoms with Crippen LogP contribution in [0.25, 0.3) is 0 Å². The molecule has 1 N–H and O–H groups in total. The lowest BCUT2D eigenvalue weighted by atomic mass is 9.74. The SMILES string of the molecule is C1CC2(C1)CC(OC1CCNC1)CCO2. The molecule has 15 heavy (non-hydrogen) atoms. The molecule has 1 aliphatic carbocycles. The fourth-order valence-electron chi connectivity index (χ4n) is 3.03. The van der Waals surface area contributed by atoms with E-state index in [-0.39, 0.29) is 5.60 Å². The van der Waals surface area contributed by atoms with Crippen molar-refractivity contribution in [1.29, 1.82) is 0 Å². The maximum atomic E-state index is 6.14. The molecule has 1 saturated carbocycles. The Morgan fingerprint density at radius 2 is 2.13 bits per heavy atom. The lowest BCUT2D eigenvalue weighted by Gasteiger charge is -2.47. The van der Waals surface area contributed by atoms with Crippen LogP contribution < -0.4 is 5.32 Å². The molecule has 3 heteroatoms. The summed E-state index contributed by atoms with van der Waals surface area (Å²) in [5.41, 5.74) is 0.231. The van der Waals surface area contributed by atoms with Crippen LogP contribution in [0.4, 0.5) is 0 Å². The molecule has 3 aliphatic rings. The van der Waals surface area contributed by atoms with E-state index in [9.17, 15) is 0 Å². The van der Waals surface area contributed by atoms with Crippen molar-refractivity contribution in [2.45, 2.75) is 56.3 Å². The van der Waals surface area contributed by atoms with Crippen LogP contribution in [0.15, 0.2) is 0 Å². The zero-order chi connectivity index (χ0) is 10.1. The first-order chi connectivity index (χ1) is 7.36. The van der Waals surface area contributed by atoms with Gasteiger partial charge in [-0.05, 0) is 38.6 Å². The Labute approximate surface area is 91.5 Å². The molecule has 0 amide bonds. The number of rotatable bonds is 2. The Hall–Kier alpha value is -0.120. The van der Waals surface area contributed by atoms with Crippen molar-refractivity contribution in [2.75, 3.05) is 19.7 Å². The maximum absolute atomic E-state index is 6.14. The second-order valence-corrected chi connectivity index (χ2v) is 5.25. The van der Waals surface area contributed by atoms with E-state index in [0.29, 0.717) is 12.2 Å². The molecule has 2 aliphatic heterocycles. The van der Waals surface area contributed by atoms with Crippen molar-refractivity contribution < 1.29 is 9.47 Å². The molecular formula is C12H21NO2. The predicted octanol–water partition coefficient (Wildman–Crippen LogP) is 1.47. The largest absolute Gasteiger partial charge is 0.375 e. The van der Waals surface area contributed by atoms with Crippen molar-refractivity contribution >= 4 is 0 Å². The van der Waals surface area contributed by atoms with Gasteiger partial charge in [0.1, 0.15) is 0 Å². The van der Waals surface area contributed by atoms with Crippen LogP contribution in [-0.4, -0.2) is 37.5 Å². The number of hydrogen-bond acceptors (Lipinski definition) is 3. The normalized spacial score (nSPS) is 39.2. The van der Waals surface area contributed by atoms with Gasteiger partial charge >= 0.3 is 0 Å². The third-order valence-corrected chi connectivity index (χ3v) is 4.11. The first kappa shape index (κ1) is 10.1. The second-order valence-electron chi connectivity index (χ2n) is 5.25. The van der Waals surface area contributed by atoms with Crippen LogP contribution in [0.5, 0.6) is 0 Å². The molecule has 0 aromatic rings. The summed E-state index contributed by atoms with van der Waals surface area (Å²) in [6.07, 6.45) is 8.21. The molecule has 2 saturated heterocycles. The summed E-state index contributed by atoms with van der Waals surface area (Å²) in [5, 5.41) is 3.35. The van der Waals surface area contributed by atoms with Gasteiger partial charge in [0.15, 0.2) is 0 Å². The molecule has 2 atom stereocenters. The van der Waals surface area contributed by atoms with Crippen LogP contribution in [0.3, 0.4) is 0 Å². The van der Waals surface area contributed by atoms with E-state index < -0.39 is 0 Å². The highest BCUT2D eigenvalue weighted by atomic mass is 16.5. The van der Waals surface area contributed by atoms with E-state index in [1.54, 1.807) is 0 Å². The number of nitrogens with one attached hydrogen (secondary N) is 1. The topological polar surface area (TPSA) is 30.5 Å². The van der Waals surface area contributed by atoms with Crippen molar-refractivity contribution in [2.24, 2.45) is 0 Å². The molecule has 3 rings (SSSR count). The highest BCUT2D eigenvalue weighted by Crippen LogP contribution is 2.43. The van der Waals surface area contributed by atoms with Gasteiger partial charge in [-0.15, -0.1) is 0 Å². The lowest BCUT2D eigenvalue weighted by molar-refractivity contribution is -0.177. The van der Waals surface area contributed by atoms with E-state index in [4.69, 9.17) is 9.47 Å². The minimum atomic E-state index is 0.231. The van der Waals surface area contributed by atoms with Crippen molar-refractivity contribution in [1.82, 2.24) is 5.32 Å². The molecule has 0 aromatic heterocycles. The summed E-state index contributed by atoms with van der Waals surface area (Å²) < 4.78 is 12.0. The molecule has 1 spiro atoms. The molecule has 2 unspecified atom stereocenters. The first-order valence-electron chi connectivity index (χ1n) is 6.36. The molecule has 0 aromatic carbocycles. The van der Waals surface area contributed by atoms with Crippen molar-refractivity contribution in [3.8, 4) is 0 Å². The molecule has 3 fully saturated rings. The van der Waals surface area contributed by atoms with E-state index in [1.807, 2.05) is 0 Å². The summed E-state index contributed by atoms with van der Waals surface area (Å²) in [6.45, 7) is 3.08. The van der Waals surface area contributed by atoms with Gasteiger partial charge in [0, 0.05) is 19.6 Å². The second kappa shape index (κ2) is 4.04. The van der Waals surface area contributed by atoms with Crippen LogP contribution in [0, 0.1) is 0 Å². The zero-order valence-corrected chi connectivity index (χ0v) is 9.34. The Morgan fingerprint density at radius 3 is 2.80 bits per heavy atom. The number of ether oxygens (including phenoxy) is 2. The smallest absolute Gasteiger partial charge is 0.0715 e. The standard InChI is InChI=1S/C12H21NO2/c1-4-12(5-1)8-10(3-7-14-12)15-11-2-6-13-9-11/h10-11,13H,1-9H2. The molecule has 0 bridgehead atoms. The van der Waals surface area contributed by atoms with Gasteiger partial charge < -0.3 is 14.8 Å². The van der Waals surface area contributed by atoms with Crippen LogP contribution in [0.2, 0.25) is 0 Å². The van der Waals surface area contributed by atoms with Gasteiger partial charge in [0.05, 0.1) is 17.8 Å². The minimum absolute atomic E-state index is 0.231. The quantitative estimate of drug-likeness (QED) is 0.750. The summed E-state index contributed by atoms with van der Waals surface area (Å²) in [7, 11) is 0. The Kier molecular flexibility index (Phi) is 2.71. The van der Waals surface area contributed by atoms with Crippen LogP contribution in [-0.2, 0) is 9.47 Å². The van der Waals surface area contributed by atoms with Gasteiger partial charge in [-0.3, -0.25) is 0 Å². The highest BCUT2D eigenvalue weighted by Gasteiger charge is 2.43. The summed E-state index contributed by atoms with van der Waals surface area (Å²) in [4.78, 5) is 0. The van der Waals surface area contributed by atoms with Crippen molar-refractivity contribution in [3.63, 3.8) is 0 Å².